The van der Waals surface area contributed by atoms with Crippen LogP contribution in [0.15, 0.2) is 60.9 Å². The number of pyridine rings is 1. The molecular weight excluding hydrogens is 416 g/mol. The van der Waals surface area contributed by atoms with Crippen LogP contribution in [0.25, 0.3) is 11.3 Å². The van der Waals surface area contributed by atoms with E-state index >= 15 is 0 Å². The van der Waals surface area contributed by atoms with Gasteiger partial charge in [0.1, 0.15) is 17.7 Å². The van der Waals surface area contributed by atoms with Crippen LogP contribution in [0.3, 0.4) is 0 Å². The maximum atomic E-state index is 12.7. The molecule has 2 amide bonds. The van der Waals surface area contributed by atoms with Crippen molar-refractivity contribution in [3.05, 3.63) is 66.7 Å². The zero-order valence-electron chi connectivity index (χ0n) is 18.3. The van der Waals surface area contributed by atoms with Gasteiger partial charge in [-0.25, -0.2) is 9.97 Å². The molecule has 168 valence electrons. The molecule has 33 heavy (non-hydrogen) atoms. The largest absolute Gasteiger partial charge is 0.344 e. The van der Waals surface area contributed by atoms with Crippen LogP contribution >= 0.6 is 0 Å². The Balaban J connectivity index is 1.35. The van der Waals surface area contributed by atoms with Crippen molar-refractivity contribution in [3.63, 3.8) is 0 Å². The number of carbonyl (C=O) groups is 2. The first-order valence-electron chi connectivity index (χ1n) is 11.4. The smallest absolute Gasteiger partial charge is 0.245 e. The number of rotatable bonds is 5. The van der Waals surface area contributed by atoms with Gasteiger partial charge in [0.15, 0.2) is 0 Å². The molecule has 4 heterocycles. The number of carbonyl (C=O) groups excluding carboxylic acids is 2. The monoisotopic (exact) mass is 442 g/mol. The molecule has 2 aliphatic rings. The molecule has 2 saturated heterocycles. The number of amides is 2. The Morgan fingerprint density at radius 2 is 1.76 bits per heavy atom. The van der Waals surface area contributed by atoms with Gasteiger partial charge < -0.3 is 15.5 Å². The van der Waals surface area contributed by atoms with Crippen LogP contribution in [0, 0.1) is 0 Å². The second-order valence-electron chi connectivity index (χ2n) is 8.48. The summed E-state index contributed by atoms with van der Waals surface area (Å²) in [6, 6.07) is 15.4. The van der Waals surface area contributed by atoms with E-state index in [1.165, 1.54) is 0 Å². The van der Waals surface area contributed by atoms with Crippen molar-refractivity contribution in [1.29, 1.82) is 0 Å². The Labute approximate surface area is 192 Å². The van der Waals surface area contributed by atoms with Crippen molar-refractivity contribution in [2.75, 3.05) is 18.4 Å². The van der Waals surface area contributed by atoms with E-state index in [2.05, 4.69) is 15.6 Å². The van der Waals surface area contributed by atoms with Crippen LogP contribution in [0.4, 0.5) is 11.5 Å². The number of hydrogen-bond donors (Lipinski definition) is 2. The lowest BCUT2D eigenvalue weighted by Crippen LogP contribution is -2.47. The van der Waals surface area contributed by atoms with E-state index < -0.39 is 0 Å². The Morgan fingerprint density at radius 1 is 1.00 bits per heavy atom. The zero-order valence-corrected chi connectivity index (χ0v) is 18.3. The Hall–Kier alpha value is -3.81. The number of hydrogen-bond acceptors (Lipinski definition) is 6. The zero-order chi connectivity index (χ0) is 22.6. The third-order valence-corrected chi connectivity index (χ3v) is 6.23. The van der Waals surface area contributed by atoms with E-state index in [9.17, 15) is 9.59 Å². The molecule has 0 spiro atoms. The second-order valence-corrected chi connectivity index (χ2v) is 8.48. The number of nitrogens with one attached hydrogen (secondary N) is 2. The van der Waals surface area contributed by atoms with Gasteiger partial charge >= 0.3 is 0 Å². The van der Waals surface area contributed by atoms with Crippen molar-refractivity contribution < 1.29 is 9.59 Å². The molecule has 0 aliphatic carbocycles. The summed E-state index contributed by atoms with van der Waals surface area (Å²) >= 11 is 0. The van der Waals surface area contributed by atoms with E-state index in [0.717, 1.165) is 41.4 Å². The maximum absolute atomic E-state index is 12.7. The van der Waals surface area contributed by atoms with Gasteiger partial charge in [-0.2, -0.15) is 0 Å². The van der Waals surface area contributed by atoms with Crippen LogP contribution in [-0.4, -0.2) is 50.8 Å². The topological polar surface area (TPSA) is 100 Å². The first kappa shape index (κ1) is 21.1. The van der Waals surface area contributed by atoms with E-state index in [4.69, 9.17) is 9.97 Å². The number of anilines is 2. The van der Waals surface area contributed by atoms with Crippen LogP contribution in [-0.2, 0) is 9.59 Å². The predicted molar refractivity (Wildman–Crippen MR) is 125 cm³/mol. The van der Waals surface area contributed by atoms with Gasteiger partial charge in [0.05, 0.1) is 5.69 Å². The maximum Gasteiger partial charge on any atom is 0.245 e. The highest BCUT2D eigenvalue weighted by Gasteiger charge is 2.33. The standard InChI is InChI=1S/C25H26N6O2/c32-23-7-6-20(28-23)25(33)31-14-10-18(11-15-31)24-29-21(17-8-12-26-13-9-17)16-22(30-24)27-19-4-2-1-3-5-19/h1-5,8-9,12-13,16,18,20H,6-7,10-11,14-15H2,(H,28,32)(H,27,29,30)/t20-/m0/s1. The number of aromatic nitrogens is 3. The Kier molecular flexibility index (Phi) is 5.97. The second kappa shape index (κ2) is 9.36. The molecule has 8 nitrogen and oxygen atoms in total. The highest BCUT2D eigenvalue weighted by atomic mass is 16.2. The summed E-state index contributed by atoms with van der Waals surface area (Å²) in [6.45, 7) is 1.28. The number of benzene rings is 1. The number of piperidine rings is 1. The van der Waals surface area contributed by atoms with Crippen molar-refractivity contribution in [2.45, 2.75) is 37.6 Å². The fourth-order valence-electron chi connectivity index (χ4n) is 4.43. The van der Waals surface area contributed by atoms with Gasteiger partial charge in [-0.15, -0.1) is 0 Å². The molecule has 1 aromatic carbocycles. The van der Waals surface area contributed by atoms with Gasteiger partial charge in [-0.05, 0) is 43.5 Å². The summed E-state index contributed by atoms with van der Waals surface area (Å²) in [5, 5.41) is 6.17. The van der Waals surface area contributed by atoms with Gasteiger partial charge in [-0.3, -0.25) is 14.6 Å². The molecule has 2 fully saturated rings. The average molecular weight is 443 g/mol. The quantitative estimate of drug-likeness (QED) is 0.629. The lowest BCUT2D eigenvalue weighted by molar-refractivity contribution is -0.135. The molecule has 0 saturated carbocycles. The highest BCUT2D eigenvalue weighted by molar-refractivity contribution is 5.90. The number of likely N-dealkylation sites (tertiary alicyclic amines) is 1. The van der Waals surface area contributed by atoms with Crippen molar-refractivity contribution in [1.82, 2.24) is 25.2 Å². The van der Waals surface area contributed by atoms with Crippen LogP contribution in [0.1, 0.15) is 37.4 Å². The molecule has 0 unspecified atom stereocenters. The fourth-order valence-corrected chi connectivity index (χ4v) is 4.43. The third-order valence-electron chi connectivity index (χ3n) is 6.23. The Morgan fingerprint density at radius 3 is 2.45 bits per heavy atom. The van der Waals surface area contributed by atoms with Gasteiger partial charge in [0, 0.05) is 55.1 Å². The first-order chi connectivity index (χ1) is 16.2. The van der Waals surface area contributed by atoms with Crippen LogP contribution in [0.5, 0.6) is 0 Å². The fraction of sp³-hybridized carbons (Fsp3) is 0.320. The van der Waals surface area contributed by atoms with Gasteiger partial charge in [0.25, 0.3) is 0 Å². The molecule has 8 heteroatoms. The Bertz CT molecular complexity index is 1130. The summed E-state index contributed by atoms with van der Waals surface area (Å²) < 4.78 is 0. The summed E-state index contributed by atoms with van der Waals surface area (Å²) in [7, 11) is 0. The lowest BCUT2D eigenvalue weighted by Gasteiger charge is -2.33. The van der Waals surface area contributed by atoms with Crippen molar-refractivity contribution in [3.8, 4) is 11.3 Å². The normalized spacial score (nSPS) is 18.7. The minimum atomic E-state index is -0.373. The predicted octanol–water partition coefficient (Wildman–Crippen LogP) is 3.27. The number of para-hydroxylation sites is 1. The molecule has 5 rings (SSSR count). The van der Waals surface area contributed by atoms with Crippen molar-refractivity contribution in [2.24, 2.45) is 0 Å². The number of nitrogens with zero attached hydrogens (tertiary/aromatic N) is 4. The first-order valence-corrected chi connectivity index (χ1v) is 11.4. The summed E-state index contributed by atoms with van der Waals surface area (Å²) in [5.74, 6) is 1.67. The molecule has 2 aliphatic heterocycles. The molecule has 1 atom stereocenters. The summed E-state index contributed by atoms with van der Waals surface area (Å²) in [4.78, 5) is 39.9. The lowest BCUT2D eigenvalue weighted by atomic mass is 9.95. The van der Waals surface area contributed by atoms with E-state index in [1.54, 1.807) is 12.4 Å². The molecule has 2 aromatic heterocycles. The van der Waals surface area contributed by atoms with Crippen LogP contribution < -0.4 is 10.6 Å². The van der Waals surface area contributed by atoms with Crippen molar-refractivity contribution >= 4 is 23.3 Å². The van der Waals surface area contributed by atoms with E-state index in [0.29, 0.717) is 25.9 Å². The molecule has 2 N–H and O–H groups in total. The third kappa shape index (κ3) is 4.84. The van der Waals surface area contributed by atoms with E-state index in [1.807, 2.05) is 53.4 Å². The minimum Gasteiger partial charge on any atom is -0.344 e. The van der Waals surface area contributed by atoms with Crippen LogP contribution in [0.2, 0.25) is 0 Å². The molecule has 0 radical (unpaired) electrons. The molecule has 3 aromatic rings. The highest BCUT2D eigenvalue weighted by Crippen LogP contribution is 2.30. The molecule has 0 bridgehead atoms. The molecular formula is C25H26N6O2. The average Bonchev–Trinajstić information content (AvgIpc) is 3.31. The van der Waals surface area contributed by atoms with E-state index in [-0.39, 0.29) is 23.8 Å². The summed E-state index contributed by atoms with van der Waals surface area (Å²) in [5.41, 5.74) is 2.78. The SMILES string of the molecule is O=C1CC[C@@H](C(=O)N2CCC(c3nc(Nc4ccccc4)cc(-c4ccncc4)n3)CC2)N1. The summed E-state index contributed by atoms with van der Waals surface area (Å²) in [6.07, 6.45) is 6.11. The van der Waals surface area contributed by atoms with Gasteiger partial charge in [0.2, 0.25) is 11.8 Å². The van der Waals surface area contributed by atoms with Gasteiger partial charge in [-0.1, -0.05) is 18.2 Å². The minimum absolute atomic E-state index is 0.0252.